The molecule has 1 atom stereocenters. The van der Waals surface area contributed by atoms with Gasteiger partial charge < -0.3 is 20.6 Å². The van der Waals surface area contributed by atoms with Crippen LogP contribution in [0.25, 0.3) is 0 Å². The topological polar surface area (TPSA) is 64.6 Å². The van der Waals surface area contributed by atoms with Crippen LogP contribution in [0.5, 0.6) is 0 Å². The number of urea groups is 1. The number of amides is 2. The second-order valence-electron chi connectivity index (χ2n) is 7.05. The van der Waals surface area contributed by atoms with Crippen LogP contribution in [0, 0.1) is 11.8 Å². The lowest BCUT2D eigenvalue weighted by Gasteiger charge is -2.22. The molecule has 1 fully saturated rings. The van der Waals surface area contributed by atoms with Crippen LogP contribution in [0.3, 0.4) is 0 Å². The lowest BCUT2D eigenvalue weighted by atomic mass is 9.94. The largest absolute Gasteiger partial charge is 0.396 e. The smallest absolute Gasteiger partial charge is 0.319 e. The quantitative estimate of drug-likeness (QED) is 0.683. The molecule has 2 amide bonds. The van der Waals surface area contributed by atoms with Crippen molar-refractivity contribution < 1.29 is 9.90 Å². The maximum Gasteiger partial charge on any atom is 0.319 e. The highest BCUT2D eigenvalue weighted by atomic mass is 16.3. The van der Waals surface area contributed by atoms with E-state index in [0.29, 0.717) is 18.4 Å². The number of carbonyl (C=O) groups is 1. The van der Waals surface area contributed by atoms with Gasteiger partial charge in [-0.2, -0.15) is 0 Å². The van der Waals surface area contributed by atoms with Gasteiger partial charge in [0.1, 0.15) is 0 Å². The molecule has 2 rings (SSSR count). The summed E-state index contributed by atoms with van der Waals surface area (Å²) in [4.78, 5) is 14.6. The van der Waals surface area contributed by atoms with Crippen molar-refractivity contribution in [3.05, 3.63) is 24.3 Å². The van der Waals surface area contributed by atoms with E-state index in [0.717, 1.165) is 37.3 Å². The molecule has 5 heteroatoms. The van der Waals surface area contributed by atoms with Gasteiger partial charge in [0.2, 0.25) is 0 Å². The average Bonchev–Trinajstić information content (AvgIpc) is 3.07. The fourth-order valence-corrected chi connectivity index (χ4v) is 3.37. The highest BCUT2D eigenvalue weighted by molar-refractivity contribution is 5.93. The zero-order valence-electron chi connectivity index (χ0n) is 14.9. The van der Waals surface area contributed by atoms with Crippen LogP contribution in [0.15, 0.2) is 24.3 Å². The third-order valence-electron chi connectivity index (χ3n) is 4.49. The van der Waals surface area contributed by atoms with E-state index < -0.39 is 0 Å². The van der Waals surface area contributed by atoms with E-state index >= 15 is 0 Å². The third-order valence-corrected chi connectivity index (χ3v) is 4.49. The minimum Gasteiger partial charge on any atom is -0.396 e. The Morgan fingerprint density at radius 2 is 1.96 bits per heavy atom. The molecule has 1 heterocycles. The molecule has 1 aliphatic rings. The van der Waals surface area contributed by atoms with Crippen LogP contribution in [0.1, 0.15) is 39.5 Å². The van der Waals surface area contributed by atoms with Crippen molar-refractivity contribution >= 4 is 17.4 Å². The molecule has 0 spiro atoms. The van der Waals surface area contributed by atoms with Crippen LogP contribution in [-0.4, -0.2) is 37.4 Å². The number of anilines is 2. The van der Waals surface area contributed by atoms with Crippen LogP contribution in [0.2, 0.25) is 0 Å². The summed E-state index contributed by atoms with van der Waals surface area (Å²) < 4.78 is 0. The Morgan fingerprint density at radius 3 is 2.62 bits per heavy atom. The number of hydrogen-bond donors (Lipinski definition) is 3. The summed E-state index contributed by atoms with van der Waals surface area (Å²) in [5.74, 6) is 0.872. The summed E-state index contributed by atoms with van der Waals surface area (Å²) in [6.45, 7) is 7.18. The summed E-state index contributed by atoms with van der Waals surface area (Å²) in [6.07, 6.45) is 4.14. The fourth-order valence-electron chi connectivity index (χ4n) is 3.37. The number of aliphatic hydroxyl groups is 1. The Morgan fingerprint density at radius 1 is 1.25 bits per heavy atom. The van der Waals surface area contributed by atoms with Gasteiger partial charge in [-0.1, -0.05) is 26.0 Å². The molecule has 0 saturated carbocycles. The van der Waals surface area contributed by atoms with Gasteiger partial charge in [0.15, 0.2) is 0 Å². The lowest BCUT2D eigenvalue weighted by molar-refractivity contribution is 0.231. The molecule has 1 aliphatic heterocycles. The van der Waals surface area contributed by atoms with Crippen LogP contribution >= 0.6 is 0 Å². The number of para-hydroxylation sites is 2. The van der Waals surface area contributed by atoms with Gasteiger partial charge in [-0.05, 0) is 49.7 Å². The van der Waals surface area contributed by atoms with Gasteiger partial charge in [-0.15, -0.1) is 0 Å². The highest BCUT2D eigenvalue weighted by Gasteiger charge is 2.17. The van der Waals surface area contributed by atoms with E-state index in [9.17, 15) is 9.90 Å². The lowest BCUT2D eigenvalue weighted by Crippen LogP contribution is -2.34. The Labute approximate surface area is 145 Å². The third kappa shape index (κ3) is 5.71. The van der Waals surface area contributed by atoms with Crippen LogP contribution in [-0.2, 0) is 0 Å². The molecule has 1 unspecified atom stereocenters. The minimum atomic E-state index is -0.173. The highest BCUT2D eigenvalue weighted by Crippen LogP contribution is 2.28. The number of carbonyl (C=O) groups excluding carboxylic acids is 1. The molecule has 0 bridgehead atoms. The first-order chi connectivity index (χ1) is 11.6. The second-order valence-corrected chi connectivity index (χ2v) is 7.05. The Balaban J connectivity index is 1.90. The van der Waals surface area contributed by atoms with Gasteiger partial charge in [-0.25, -0.2) is 4.79 Å². The number of benzene rings is 1. The minimum absolute atomic E-state index is 0.165. The van der Waals surface area contributed by atoms with Gasteiger partial charge in [-0.3, -0.25) is 0 Å². The maximum absolute atomic E-state index is 12.3. The molecule has 24 heavy (non-hydrogen) atoms. The van der Waals surface area contributed by atoms with E-state index in [-0.39, 0.29) is 12.6 Å². The summed E-state index contributed by atoms with van der Waals surface area (Å²) in [6, 6.07) is 7.80. The predicted molar refractivity (Wildman–Crippen MR) is 99.6 cm³/mol. The van der Waals surface area contributed by atoms with Gasteiger partial charge in [0.05, 0.1) is 11.4 Å². The first-order valence-electron chi connectivity index (χ1n) is 9.10. The molecular weight excluding hydrogens is 302 g/mol. The predicted octanol–water partition coefficient (Wildman–Crippen LogP) is 3.45. The van der Waals surface area contributed by atoms with Crippen molar-refractivity contribution in [1.82, 2.24) is 5.32 Å². The van der Waals surface area contributed by atoms with E-state index in [1.54, 1.807) is 0 Å². The number of rotatable bonds is 8. The Hall–Kier alpha value is -1.75. The molecule has 0 aliphatic carbocycles. The molecule has 0 aromatic heterocycles. The SMILES string of the molecule is CC(C)CC(CCO)CNC(=O)Nc1ccccc1N1CCCC1. The molecule has 3 N–H and O–H groups in total. The van der Waals surface area contributed by atoms with Crippen molar-refractivity contribution in [3.63, 3.8) is 0 Å². The maximum atomic E-state index is 12.3. The van der Waals surface area contributed by atoms with E-state index in [1.165, 1.54) is 12.8 Å². The molecule has 1 aromatic rings. The van der Waals surface area contributed by atoms with Crippen LogP contribution < -0.4 is 15.5 Å². The van der Waals surface area contributed by atoms with Crippen molar-refractivity contribution in [2.75, 3.05) is 36.5 Å². The van der Waals surface area contributed by atoms with Crippen molar-refractivity contribution in [2.45, 2.75) is 39.5 Å². The number of nitrogens with one attached hydrogen (secondary N) is 2. The summed E-state index contributed by atoms with van der Waals surface area (Å²) in [5.41, 5.74) is 1.96. The summed E-state index contributed by atoms with van der Waals surface area (Å²) >= 11 is 0. The molecule has 134 valence electrons. The van der Waals surface area contributed by atoms with Gasteiger partial charge in [0, 0.05) is 26.2 Å². The van der Waals surface area contributed by atoms with E-state index in [2.05, 4.69) is 35.4 Å². The average molecular weight is 333 g/mol. The summed E-state index contributed by atoms with van der Waals surface area (Å²) in [5, 5.41) is 15.1. The standard InChI is InChI=1S/C19H31N3O2/c1-15(2)13-16(9-12-23)14-20-19(24)21-17-7-3-4-8-18(17)22-10-5-6-11-22/h3-4,7-8,15-16,23H,5-6,9-14H2,1-2H3,(H2,20,21,24). The zero-order valence-corrected chi connectivity index (χ0v) is 14.9. The first-order valence-corrected chi connectivity index (χ1v) is 9.10. The normalized spacial score (nSPS) is 15.6. The van der Waals surface area contributed by atoms with Crippen molar-refractivity contribution in [3.8, 4) is 0 Å². The van der Waals surface area contributed by atoms with E-state index in [1.807, 2.05) is 18.2 Å². The number of nitrogens with zero attached hydrogens (tertiary/aromatic N) is 1. The monoisotopic (exact) mass is 333 g/mol. The van der Waals surface area contributed by atoms with Gasteiger partial charge >= 0.3 is 6.03 Å². The molecular formula is C19H31N3O2. The first kappa shape index (κ1) is 18.6. The molecule has 1 saturated heterocycles. The number of hydrogen-bond acceptors (Lipinski definition) is 3. The zero-order chi connectivity index (χ0) is 17.4. The number of aliphatic hydroxyl groups excluding tert-OH is 1. The molecule has 1 aromatic carbocycles. The van der Waals surface area contributed by atoms with E-state index in [4.69, 9.17) is 0 Å². The summed E-state index contributed by atoms with van der Waals surface area (Å²) in [7, 11) is 0. The van der Waals surface area contributed by atoms with Crippen molar-refractivity contribution in [2.24, 2.45) is 11.8 Å². The van der Waals surface area contributed by atoms with Crippen LogP contribution in [0.4, 0.5) is 16.2 Å². The molecule has 5 nitrogen and oxygen atoms in total. The fraction of sp³-hybridized carbons (Fsp3) is 0.632. The molecule has 0 radical (unpaired) electrons. The Bertz CT molecular complexity index is 513. The van der Waals surface area contributed by atoms with Gasteiger partial charge in [0.25, 0.3) is 0 Å². The van der Waals surface area contributed by atoms with Crippen molar-refractivity contribution in [1.29, 1.82) is 0 Å². The second kappa shape index (κ2) is 9.52. The Kier molecular flexibility index (Phi) is 7.37.